The van der Waals surface area contributed by atoms with Gasteiger partial charge in [0.1, 0.15) is 7.85 Å². The molecule has 7 heteroatoms. The molecule has 1 aromatic rings. The number of rotatable bonds is 3. The summed E-state index contributed by atoms with van der Waals surface area (Å²) in [6, 6.07) is 1.81. The van der Waals surface area contributed by atoms with Gasteiger partial charge in [-0.1, -0.05) is 26.7 Å². The third kappa shape index (κ3) is 3.49. The van der Waals surface area contributed by atoms with Gasteiger partial charge in [0.25, 0.3) is 0 Å². The lowest BCUT2D eigenvalue weighted by atomic mass is 9.60. The maximum Gasteiger partial charge on any atom is 0.416 e. The number of halogens is 6. The van der Waals surface area contributed by atoms with Gasteiger partial charge in [-0.05, 0) is 29.1 Å². The molecule has 0 nitrogen and oxygen atoms in total. The number of benzene rings is 1. The Hall–Kier alpha value is -1.14. The van der Waals surface area contributed by atoms with Gasteiger partial charge in [0.15, 0.2) is 0 Å². The van der Waals surface area contributed by atoms with Crippen LogP contribution in [0, 0.1) is 0 Å². The minimum absolute atomic E-state index is 0.0738. The fourth-order valence-electron chi connectivity index (χ4n) is 1.96. The fraction of sp³-hybridized carbons (Fsp3) is 0.538. The van der Waals surface area contributed by atoms with Gasteiger partial charge < -0.3 is 0 Å². The SMILES string of the molecule is BC(CC)(CC)c1cc(C(F)(F)F)cc(C(F)(F)F)c1. The first-order valence-electron chi connectivity index (χ1n) is 6.24. The van der Waals surface area contributed by atoms with E-state index >= 15 is 0 Å². The van der Waals surface area contributed by atoms with Crippen LogP contribution < -0.4 is 0 Å². The van der Waals surface area contributed by atoms with Gasteiger partial charge >= 0.3 is 12.4 Å². The normalized spacial score (nSPS) is 13.6. The van der Waals surface area contributed by atoms with Crippen molar-refractivity contribution in [2.75, 3.05) is 0 Å². The van der Waals surface area contributed by atoms with Crippen LogP contribution in [-0.4, -0.2) is 7.85 Å². The average molecular weight is 296 g/mol. The largest absolute Gasteiger partial charge is 0.416 e. The quantitative estimate of drug-likeness (QED) is 0.574. The molecule has 0 N–H and O–H groups in total. The van der Waals surface area contributed by atoms with Crippen molar-refractivity contribution in [1.82, 2.24) is 0 Å². The van der Waals surface area contributed by atoms with E-state index in [1.807, 2.05) is 0 Å². The Labute approximate surface area is 114 Å². The zero-order valence-electron chi connectivity index (χ0n) is 11.4. The van der Waals surface area contributed by atoms with Crippen molar-refractivity contribution in [2.24, 2.45) is 0 Å². The number of hydrogen-bond acceptors (Lipinski definition) is 0. The number of alkyl halides is 6. The van der Waals surface area contributed by atoms with Crippen LogP contribution in [0.25, 0.3) is 0 Å². The third-order valence-electron chi connectivity index (χ3n) is 3.85. The molecule has 0 saturated heterocycles. The van der Waals surface area contributed by atoms with Crippen LogP contribution in [-0.2, 0) is 17.7 Å². The molecule has 20 heavy (non-hydrogen) atoms. The van der Waals surface area contributed by atoms with E-state index in [1.165, 1.54) is 0 Å². The lowest BCUT2D eigenvalue weighted by Gasteiger charge is -2.29. The van der Waals surface area contributed by atoms with Crippen molar-refractivity contribution in [3.05, 3.63) is 34.9 Å². The Morgan fingerprint density at radius 2 is 1.05 bits per heavy atom. The maximum atomic E-state index is 12.8. The van der Waals surface area contributed by atoms with E-state index in [-0.39, 0.29) is 11.6 Å². The summed E-state index contributed by atoms with van der Waals surface area (Å²) in [4.78, 5) is 0. The topological polar surface area (TPSA) is 0 Å². The molecule has 1 aromatic carbocycles. The van der Waals surface area contributed by atoms with Crippen LogP contribution in [0.5, 0.6) is 0 Å². The van der Waals surface area contributed by atoms with Gasteiger partial charge in [-0.2, -0.15) is 26.3 Å². The summed E-state index contributed by atoms with van der Waals surface area (Å²) in [5.74, 6) is 0. The van der Waals surface area contributed by atoms with Gasteiger partial charge in [0.2, 0.25) is 0 Å². The maximum absolute atomic E-state index is 12.8. The summed E-state index contributed by atoms with van der Waals surface area (Å²) in [6.45, 7) is 3.49. The van der Waals surface area contributed by atoms with Crippen LogP contribution in [0.1, 0.15) is 43.4 Å². The minimum Gasteiger partial charge on any atom is -0.166 e. The van der Waals surface area contributed by atoms with E-state index in [4.69, 9.17) is 0 Å². The first kappa shape index (κ1) is 16.9. The molecular weight excluding hydrogens is 281 g/mol. The lowest BCUT2D eigenvalue weighted by molar-refractivity contribution is -0.143. The molecule has 0 aliphatic rings. The predicted octanol–water partition coefficient (Wildman–Crippen LogP) is 4.37. The van der Waals surface area contributed by atoms with Gasteiger partial charge in [-0.25, -0.2) is 0 Å². The lowest BCUT2D eigenvalue weighted by Crippen LogP contribution is -2.26. The molecule has 0 aliphatic heterocycles. The molecule has 0 atom stereocenters. The standard InChI is InChI=1S/C13H15BF6/c1-3-11(14,4-2)8-5-9(12(15,16)17)7-10(6-8)13(18,19)20/h5-7H,3-4,14H2,1-2H3. The molecule has 0 fully saturated rings. The fourth-order valence-corrected chi connectivity index (χ4v) is 1.96. The highest BCUT2D eigenvalue weighted by atomic mass is 19.4. The highest BCUT2D eigenvalue weighted by Gasteiger charge is 2.38. The van der Waals surface area contributed by atoms with E-state index in [0.717, 1.165) is 12.1 Å². The summed E-state index contributed by atoms with van der Waals surface area (Å²) in [5, 5.41) is -0.707. The minimum atomic E-state index is -4.79. The van der Waals surface area contributed by atoms with Crippen molar-refractivity contribution in [3.63, 3.8) is 0 Å². The predicted molar refractivity (Wildman–Crippen MR) is 67.3 cm³/mol. The number of hydrogen-bond donors (Lipinski definition) is 0. The second kappa shape index (κ2) is 5.33. The highest BCUT2D eigenvalue weighted by molar-refractivity contribution is 6.15. The van der Waals surface area contributed by atoms with Crippen LogP contribution in [0.15, 0.2) is 18.2 Å². The third-order valence-corrected chi connectivity index (χ3v) is 3.85. The van der Waals surface area contributed by atoms with E-state index in [2.05, 4.69) is 0 Å². The summed E-state index contributed by atoms with van der Waals surface area (Å²) in [7, 11) is 1.67. The van der Waals surface area contributed by atoms with E-state index < -0.39 is 28.8 Å². The Bertz CT molecular complexity index is 438. The summed E-state index contributed by atoms with van der Waals surface area (Å²) >= 11 is 0. The molecule has 0 bridgehead atoms. The second-order valence-electron chi connectivity index (χ2n) is 5.06. The van der Waals surface area contributed by atoms with Gasteiger partial charge in [0, 0.05) is 0 Å². The molecule has 0 unspecified atom stereocenters. The molecule has 0 aliphatic carbocycles. The van der Waals surface area contributed by atoms with Gasteiger partial charge in [-0.3, -0.25) is 0 Å². The molecule has 0 spiro atoms. The second-order valence-corrected chi connectivity index (χ2v) is 5.06. The van der Waals surface area contributed by atoms with Crippen molar-refractivity contribution in [1.29, 1.82) is 0 Å². The molecule has 0 amide bonds. The molecule has 0 saturated carbocycles. The zero-order valence-corrected chi connectivity index (χ0v) is 11.4. The summed E-state index contributed by atoms with van der Waals surface area (Å²) < 4.78 is 76.6. The van der Waals surface area contributed by atoms with Crippen molar-refractivity contribution in [3.8, 4) is 0 Å². The van der Waals surface area contributed by atoms with Crippen molar-refractivity contribution < 1.29 is 26.3 Å². The molecule has 1 rings (SSSR count). The Morgan fingerprint density at radius 1 is 0.750 bits per heavy atom. The van der Waals surface area contributed by atoms with Gasteiger partial charge in [-0.15, -0.1) is 0 Å². The Morgan fingerprint density at radius 3 is 1.30 bits per heavy atom. The molecule has 0 aromatic heterocycles. The first-order valence-corrected chi connectivity index (χ1v) is 6.24. The van der Waals surface area contributed by atoms with Crippen LogP contribution >= 0.6 is 0 Å². The van der Waals surface area contributed by atoms with Crippen molar-refractivity contribution >= 4 is 7.85 Å². The van der Waals surface area contributed by atoms with Crippen molar-refractivity contribution in [2.45, 2.75) is 44.4 Å². The molecule has 112 valence electrons. The van der Waals surface area contributed by atoms with Crippen LogP contribution in [0.4, 0.5) is 26.3 Å². The Kier molecular flexibility index (Phi) is 4.51. The monoisotopic (exact) mass is 296 g/mol. The molecule has 0 heterocycles. The average Bonchev–Trinajstić information content (AvgIpc) is 2.35. The Balaban J connectivity index is 3.54. The first-order chi connectivity index (χ1) is 8.94. The smallest absolute Gasteiger partial charge is 0.166 e. The summed E-state index contributed by atoms with van der Waals surface area (Å²) in [5.41, 5.74) is -2.43. The molecular formula is C13H15BF6. The van der Waals surface area contributed by atoms with Gasteiger partial charge in [0.05, 0.1) is 11.1 Å². The van der Waals surface area contributed by atoms with Crippen LogP contribution in [0.2, 0.25) is 0 Å². The van der Waals surface area contributed by atoms with Crippen LogP contribution in [0.3, 0.4) is 0 Å². The highest BCUT2D eigenvalue weighted by Crippen LogP contribution is 2.39. The zero-order chi connectivity index (χ0) is 15.8. The summed E-state index contributed by atoms with van der Waals surface area (Å²) in [6.07, 6.45) is -8.67. The van der Waals surface area contributed by atoms with E-state index in [9.17, 15) is 26.3 Å². The van der Waals surface area contributed by atoms with E-state index in [0.29, 0.717) is 12.8 Å². The molecule has 0 radical (unpaired) electrons. The van der Waals surface area contributed by atoms with E-state index in [1.54, 1.807) is 21.7 Å².